The number of aromatic nitrogens is 8. The number of halogens is 1. The highest BCUT2D eigenvalue weighted by Gasteiger charge is 2.51. The molecule has 1 atom stereocenters. The average molecular weight is 809 g/mol. The number of aliphatic imine (C=N–C) groups is 1. The predicted octanol–water partition coefficient (Wildman–Crippen LogP) is 5.02. The van der Waals surface area contributed by atoms with E-state index < -0.39 is 29.7 Å². The Balaban J connectivity index is 0.777. The number of piperidine rings is 1. The highest BCUT2D eigenvalue weighted by atomic mass is 35.5. The lowest BCUT2D eigenvalue weighted by molar-refractivity contribution is -0.136. The minimum absolute atomic E-state index is 0.0577. The summed E-state index contributed by atoms with van der Waals surface area (Å²) < 4.78 is 5.89. The van der Waals surface area contributed by atoms with Gasteiger partial charge in [-0.25, -0.2) is 0 Å². The Bertz CT molecular complexity index is 2740. The fraction of sp³-hybridized carbons (Fsp3) is 0.286. The highest BCUT2D eigenvalue weighted by molar-refractivity contribution is 6.30. The number of fused-ring (bicyclic) bond motifs is 5. The van der Waals surface area contributed by atoms with Crippen LogP contribution >= 0.6 is 11.6 Å². The molecule has 4 amide bonds. The van der Waals surface area contributed by atoms with E-state index in [4.69, 9.17) is 16.6 Å². The van der Waals surface area contributed by atoms with E-state index >= 15 is 0 Å². The van der Waals surface area contributed by atoms with Gasteiger partial charge >= 0.3 is 0 Å². The quantitative estimate of drug-likeness (QED) is 0.133. The van der Waals surface area contributed by atoms with Crippen LogP contribution < -0.4 is 10.6 Å². The summed E-state index contributed by atoms with van der Waals surface area (Å²) in [7, 11) is 0. The molecule has 16 nitrogen and oxygen atoms in total. The van der Waals surface area contributed by atoms with E-state index in [0.717, 1.165) is 82.4 Å². The van der Waals surface area contributed by atoms with Crippen LogP contribution in [0.3, 0.4) is 0 Å². The Morgan fingerprint density at radius 3 is 2.46 bits per heavy atom. The minimum atomic E-state index is -1.03. The average Bonchev–Trinajstić information content (AvgIpc) is 3.52. The topological polar surface area (TPSA) is 187 Å². The van der Waals surface area contributed by atoms with Gasteiger partial charge in [0.25, 0.3) is 11.8 Å². The van der Waals surface area contributed by atoms with E-state index in [1.54, 1.807) is 22.9 Å². The predicted molar refractivity (Wildman–Crippen MR) is 215 cm³/mol. The Morgan fingerprint density at radius 1 is 0.864 bits per heavy atom. The fourth-order valence-corrected chi connectivity index (χ4v) is 8.34. The molecule has 296 valence electrons. The number of carbonyl (C=O) groups excluding carboxylic acids is 4. The minimum Gasteiger partial charge on any atom is -0.379 e. The van der Waals surface area contributed by atoms with E-state index in [1.165, 1.54) is 0 Å². The molecule has 1 spiro atoms. The van der Waals surface area contributed by atoms with Crippen LogP contribution in [0.5, 0.6) is 0 Å². The normalized spacial score (nSPS) is 17.7. The summed E-state index contributed by atoms with van der Waals surface area (Å²) in [6.07, 6.45) is 9.50. The maximum Gasteiger partial charge on any atom is 0.264 e. The molecular formula is C42H37ClN12O4. The van der Waals surface area contributed by atoms with E-state index in [2.05, 4.69) is 65.2 Å². The van der Waals surface area contributed by atoms with E-state index in [1.807, 2.05) is 48.3 Å². The molecule has 1 saturated heterocycles. The molecule has 4 aliphatic rings. The third kappa shape index (κ3) is 6.49. The van der Waals surface area contributed by atoms with Gasteiger partial charge in [-0.2, -0.15) is 5.10 Å². The molecule has 3 aliphatic heterocycles. The van der Waals surface area contributed by atoms with Crippen molar-refractivity contribution in [2.45, 2.75) is 76.7 Å². The summed E-state index contributed by atoms with van der Waals surface area (Å²) in [6.45, 7) is 3.62. The number of benzene rings is 3. The zero-order valence-corrected chi connectivity index (χ0v) is 32.7. The van der Waals surface area contributed by atoms with Crippen molar-refractivity contribution in [1.82, 2.24) is 49.8 Å². The van der Waals surface area contributed by atoms with Crippen molar-refractivity contribution in [3.63, 3.8) is 0 Å². The molecule has 3 aromatic carbocycles. The zero-order chi connectivity index (χ0) is 40.4. The van der Waals surface area contributed by atoms with Gasteiger partial charge in [-0.05, 0) is 81.0 Å². The van der Waals surface area contributed by atoms with Crippen LogP contribution in [-0.4, -0.2) is 79.8 Å². The molecule has 1 unspecified atom stereocenters. The Kier molecular flexibility index (Phi) is 8.81. The second-order valence-electron chi connectivity index (χ2n) is 15.3. The molecule has 0 radical (unpaired) electrons. The summed E-state index contributed by atoms with van der Waals surface area (Å²) in [4.78, 5) is 57.1. The summed E-state index contributed by atoms with van der Waals surface area (Å²) in [6, 6.07) is 18.2. The van der Waals surface area contributed by atoms with Crippen LogP contribution in [0.15, 0.2) is 84.2 Å². The third-order valence-corrected chi connectivity index (χ3v) is 11.7. The number of carbonyl (C=O) groups is 4. The first-order valence-corrected chi connectivity index (χ1v) is 20.0. The third-order valence-electron chi connectivity index (χ3n) is 11.4. The number of hydrogen-bond donors (Lipinski definition) is 2. The smallest absolute Gasteiger partial charge is 0.264 e. The Morgan fingerprint density at radius 2 is 1.66 bits per heavy atom. The molecule has 2 fully saturated rings. The molecule has 0 bridgehead atoms. The van der Waals surface area contributed by atoms with Crippen LogP contribution in [0.25, 0.3) is 16.8 Å². The first-order chi connectivity index (χ1) is 28.7. The summed E-state index contributed by atoms with van der Waals surface area (Å²) >= 11 is 6.28. The van der Waals surface area contributed by atoms with Gasteiger partial charge in [0.2, 0.25) is 11.8 Å². The van der Waals surface area contributed by atoms with Gasteiger partial charge in [-0.1, -0.05) is 41.1 Å². The molecule has 6 aromatic rings. The van der Waals surface area contributed by atoms with E-state index in [0.29, 0.717) is 22.9 Å². The SMILES string of the molecule is Cc1nnc2n1-c1ccc(-c3cnn(CCCCn4cc(CNc5cccc6c5C(=O)N(C5CCC(=O)NC5=O)C6=O)nn4)c3)cc1C(c1ccc(Cl)cc1)=NC21CC1. The molecule has 10 rings (SSSR count). The number of nitrogens with one attached hydrogen (secondary N) is 2. The highest BCUT2D eigenvalue weighted by Crippen LogP contribution is 2.52. The van der Waals surface area contributed by atoms with Gasteiger partial charge in [0.15, 0.2) is 5.82 Å². The van der Waals surface area contributed by atoms with Crippen molar-refractivity contribution in [3.05, 3.63) is 124 Å². The van der Waals surface area contributed by atoms with Crippen LogP contribution in [-0.2, 0) is 34.8 Å². The number of imide groups is 2. The van der Waals surface area contributed by atoms with Crippen LogP contribution in [0.1, 0.15) is 87.7 Å². The second-order valence-corrected chi connectivity index (χ2v) is 15.8. The maximum atomic E-state index is 13.4. The van der Waals surface area contributed by atoms with Crippen molar-refractivity contribution >= 4 is 46.6 Å². The lowest BCUT2D eigenvalue weighted by atomic mass is 9.96. The molecule has 2 N–H and O–H groups in total. The first kappa shape index (κ1) is 36.5. The van der Waals surface area contributed by atoms with Crippen LogP contribution in [0, 0.1) is 6.92 Å². The summed E-state index contributed by atoms with van der Waals surface area (Å²) in [5.41, 5.74) is 7.07. The molecule has 1 aliphatic carbocycles. The van der Waals surface area contributed by atoms with Crippen molar-refractivity contribution in [2.24, 2.45) is 4.99 Å². The zero-order valence-electron chi connectivity index (χ0n) is 31.9. The maximum absolute atomic E-state index is 13.4. The van der Waals surface area contributed by atoms with Gasteiger partial charge in [0, 0.05) is 53.1 Å². The summed E-state index contributed by atoms with van der Waals surface area (Å²) in [5.74, 6) is -0.480. The van der Waals surface area contributed by atoms with Crippen molar-refractivity contribution in [1.29, 1.82) is 0 Å². The van der Waals surface area contributed by atoms with Gasteiger partial charge < -0.3 is 5.32 Å². The van der Waals surface area contributed by atoms with Crippen LogP contribution in [0.2, 0.25) is 5.02 Å². The first-order valence-electron chi connectivity index (χ1n) is 19.6. The number of amides is 4. The van der Waals surface area contributed by atoms with E-state index in [-0.39, 0.29) is 36.1 Å². The molecular weight excluding hydrogens is 772 g/mol. The van der Waals surface area contributed by atoms with Crippen molar-refractivity contribution < 1.29 is 19.2 Å². The lowest BCUT2D eigenvalue weighted by Crippen LogP contribution is -2.54. The van der Waals surface area contributed by atoms with Crippen molar-refractivity contribution in [3.8, 4) is 16.8 Å². The molecule has 17 heteroatoms. The number of unbranched alkanes of at least 4 members (excludes halogenated alkanes) is 1. The molecule has 59 heavy (non-hydrogen) atoms. The molecule has 6 heterocycles. The van der Waals surface area contributed by atoms with Gasteiger partial charge in [-0.3, -0.25) is 48.3 Å². The summed E-state index contributed by atoms with van der Waals surface area (Å²) in [5, 5.41) is 28.4. The van der Waals surface area contributed by atoms with Crippen molar-refractivity contribution in [2.75, 3.05) is 5.32 Å². The van der Waals surface area contributed by atoms with E-state index in [9.17, 15) is 19.2 Å². The number of nitrogens with zero attached hydrogens (tertiary/aromatic N) is 10. The second kappa shape index (κ2) is 14.2. The van der Waals surface area contributed by atoms with Gasteiger partial charge in [0.1, 0.15) is 23.1 Å². The lowest BCUT2D eigenvalue weighted by Gasteiger charge is -2.27. The number of hydrogen-bond acceptors (Lipinski definition) is 11. The standard InChI is InChI=1S/C42H37ClN12O4/c1-24-48-50-41-42(15-16-42)47-37(25-7-10-28(43)11-8-25)31-19-26(9-12-33(31)54(24)41)27-20-45-52(22-27)17-2-3-18-53-23-29(49-51-53)21-44-32-6-4-5-30-36(32)40(59)55(39(30)58)34-13-14-35(56)46-38(34)57/h4-12,19-20,22-23,34,44H,2-3,13-18,21H2,1H3,(H,46,56,57). The largest absolute Gasteiger partial charge is 0.379 e. The van der Waals surface area contributed by atoms with Gasteiger partial charge in [-0.15, -0.1) is 15.3 Å². The molecule has 3 aromatic heterocycles. The number of rotatable bonds is 11. The van der Waals surface area contributed by atoms with Gasteiger partial charge in [0.05, 0.1) is 41.5 Å². The fourth-order valence-electron chi connectivity index (χ4n) is 8.22. The van der Waals surface area contributed by atoms with Crippen LogP contribution in [0.4, 0.5) is 5.69 Å². The monoisotopic (exact) mass is 808 g/mol. The Hall–Kier alpha value is -6.81. The number of anilines is 1. The number of aryl methyl sites for hydroxylation is 3. The Labute approximate surface area is 342 Å². The molecule has 1 saturated carbocycles.